The van der Waals surface area contributed by atoms with Gasteiger partial charge in [-0.1, -0.05) is 0 Å². The zero-order valence-electron chi connectivity index (χ0n) is 11.3. The molecule has 106 valence electrons. The normalized spacial score (nSPS) is 12.3. The van der Waals surface area contributed by atoms with Crippen LogP contribution in [0.1, 0.15) is 5.56 Å². The predicted octanol–water partition coefficient (Wildman–Crippen LogP) is 0.501. The molecule has 3 N–H and O–H groups in total. The van der Waals surface area contributed by atoms with E-state index in [0.717, 1.165) is 10.9 Å². The minimum absolute atomic E-state index is 0.00481. The average Bonchev–Trinajstić information content (AvgIpc) is 2.43. The molecule has 1 aromatic carbocycles. The summed E-state index contributed by atoms with van der Waals surface area (Å²) >= 11 is 0. The van der Waals surface area contributed by atoms with Crippen LogP contribution in [-0.4, -0.2) is 28.8 Å². The van der Waals surface area contributed by atoms with Crippen molar-refractivity contribution in [2.75, 3.05) is 7.11 Å². The molecule has 6 heteroatoms. The number of hydrogen-bond acceptors (Lipinski definition) is 4. The van der Waals surface area contributed by atoms with Crippen molar-refractivity contribution in [2.24, 2.45) is 12.8 Å². The first-order valence-electron chi connectivity index (χ1n) is 6.09. The highest BCUT2D eigenvalue weighted by Gasteiger charge is 2.16. The van der Waals surface area contributed by atoms with E-state index < -0.39 is 12.0 Å². The molecule has 0 saturated carbocycles. The van der Waals surface area contributed by atoms with E-state index in [4.69, 9.17) is 15.6 Å². The van der Waals surface area contributed by atoms with Gasteiger partial charge < -0.3 is 20.1 Å². The molecule has 0 fully saturated rings. The molecule has 0 aliphatic rings. The molecule has 20 heavy (non-hydrogen) atoms. The molecule has 0 amide bonds. The number of rotatable bonds is 4. The van der Waals surface area contributed by atoms with Crippen molar-refractivity contribution in [3.05, 3.63) is 40.2 Å². The van der Waals surface area contributed by atoms with Crippen LogP contribution in [0.4, 0.5) is 0 Å². The van der Waals surface area contributed by atoms with Crippen LogP contribution < -0.4 is 16.0 Å². The van der Waals surface area contributed by atoms with Gasteiger partial charge in [0.05, 0.1) is 12.6 Å². The lowest BCUT2D eigenvalue weighted by atomic mass is 10.1. The summed E-state index contributed by atoms with van der Waals surface area (Å²) in [5.74, 6) is -0.456. The number of pyridine rings is 1. The Hall–Kier alpha value is -2.34. The Labute approximate surface area is 115 Å². The monoisotopic (exact) mass is 276 g/mol. The van der Waals surface area contributed by atoms with Crippen molar-refractivity contribution < 1.29 is 14.6 Å². The third-order valence-corrected chi connectivity index (χ3v) is 3.26. The second-order valence-corrected chi connectivity index (χ2v) is 4.61. The summed E-state index contributed by atoms with van der Waals surface area (Å²) in [6.45, 7) is 0. The molecular weight excluding hydrogens is 260 g/mol. The minimum Gasteiger partial charge on any atom is -0.497 e. The third kappa shape index (κ3) is 2.50. The number of aryl methyl sites for hydroxylation is 1. The van der Waals surface area contributed by atoms with Gasteiger partial charge in [0.1, 0.15) is 11.8 Å². The first-order valence-corrected chi connectivity index (χ1v) is 6.09. The van der Waals surface area contributed by atoms with Crippen LogP contribution in [0.3, 0.4) is 0 Å². The summed E-state index contributed by atoms with van der Waals surface area (Å²) in [6.07, 6.45) is -0.00481. The zero-order chi connectivity index (χ0) is 14.9. The van der Waals surface area contributed by atoms with Crippen molar-refractivity contribution in [3.8, 4) is 5.75 Å². The van der Waals surface area contributed by atoms with Gasteiger partial charge in [-0.05, 0) is 24.3 Å². The number of benzene rings is 1. The minimum atomic E-state index is -1.13. The molecule has 1 aromatic heterocycles. The Morgan fingerprint density at radius 2 is 2.15 bits per heavy atom. The van der Waals surface area contributed by atoms with E-state index in [1.54, 1.807) is 38.4 Å². The molecule has 6 nitrogen and oxygen atoms in total. The van der Waals surface area contributed by atoms with Gasteiger partial charge in [0.25, 0.3) is 5.56 Å². The smallest absolute Gasteiger partial charge is 0.320 e. The van der Waals surface area contributed by atoms with Crippen molar-refractivity contribution in [2.45, 2.75) is 12.5 Å². The molecule has 2 rings (SSSR count). The molecule has 0 spiro atoms. The van der Waals surface area contributed by atoms with Gasteiger partial charge in [0.15, 0.2) is 0 Å². The quantitative estimate of drug-likeness (QED) is 0.848. The molecule has 0 bridgehead atoms. The fraction of sp³-hybridized carbons (Fsp3) is 0.286. The number of fused-ring (bicyclic) bond motifs is 1. The van der Waals surface area contributed by atoms with Crippen molar-refractivity contribution in [1.82, 2.24) is 4.57 Å². The summed E-state index contributed by atoms with van der Waals surface area (Å²) < 4.78 is 6.63. The van der Waals surface area contributed by atoms with Gasteiger partial charge in [0, 0.05) is 24.4 Å². The number of methoxy groups -OCH3 is 1. The van der Waals surface area contributed by atoms with E-state index in [0.29, 0.717) is 11.3 Å². The number of aromatic nitrogens is 1. The molecule has 0 radical (unpaired) electrons. The highest BCUT2D eigenvalue weighted by Crippen LogP contribution is 2.20. The molecule has 0 saturated heterocycles. The zero-order valence-corrected chi connectivity index (χ0v) is 11.3. The lowest BCUT2D eigenvalue weighted by Gasteiger charge is -2.11. The van der Waals surface area contributed by atoms with Gasteiger partial charge in [-0.3, -0.25) is 9.59 Å². The SMILES string of the molecule is COc1ccc2c(c1)cc(CC(N)C(=O)O)c(=O)n2C. The summed E-state index contributed by atoms with van der Waals surface area (Å²) in [5.41, 5.74) is 6.39. The second-order valence-electron chi connectivity index (χ2n) is 4.61. The number of carboxylic acid groups (broad SMARTS) is 1. The van der Waals surface area contributed by atoms with Gasteiger partial charge >= 0.3 is 5.97 Å². The van der Waals surface area contributed by atoms with Gasteiger partial charge in [0.2, 0.25) is 0 Å². The van der Waals surface area contributed by atoms with Crippen molar-refractivity contribution in [3.63, 3.8) is 0 Å². The fourth-order valence-electron chi connectivity index (χ4n) is 2.13. The summed E-state index contributed by atoms with van der Waals surface area (Å²) in [7, 11) is 3.21. The summed E-state index contributed by atoms with van der Waals surface area (Å²) in [5, 5.41) is 9.65. The summed E-state index contributed by atoms with van der Waals surface area (Å²) in [6, 6.07) is 5.93. The lowest BCUT2D eigenvalue weighted by molar-refractivity contribution is -0.138. The highest BCUT2D eigenvalue weighted by molar-refractivity contribution is 5.81. The average molecular weight is 276 g/mol. The third-order valence-electron chi connectivity index (χ3n) is 3.26. The standard InChI is InChI=1S/C14H16N2O4/c1-16-12-4-3-10(20-2)6-8(12)5-9(13(16)17)7-11(15)14(18)19/h3-6,11H,7,15H2,1-2H3,(H,18,19). The van der Waals surface area contributed by atoms with Crippen LogP contribution in [0.5, 0.6) is 5.75 Å². The predicted molar refractivity (Wildman–Crippen MR) is 75.1 cm³/mol. The molecule has 2 aromatic rings. The van der Waals surface area contributed by atoms with Crippen LogP contribution in [0.15, 0.2) is 29.1 Å². The Morgan fingerprint density at radius 1 is 1.45 bits per heavy atom. The van der Waals surface area contributed by atoms with E-state index in [2.05, 4.69) is 0 Å². The van der Waals surface area contributed by atoms with E-state index in [1.807, 2.05) is 0 Å². The van der Waals surface area contributed by atoms with E-state index in [1.165, 1.54) is 4.57 Å². The number of nitrogens with two attached hydrogens (primary N) is 1. The lowest BCUT2D eigenvalue weighted by Crippen LogP contribution is -2.35. The first-order chi connectivity index (χ1) is 9.43. The Balaban J connectivity index is 2.58. The Kier molecular flexibility index (Phi) is 3.76. The maximum absolute atomic E-state index is 12.2. The van der Waals surface area contributed by atoms with Crippen LogP contribution in [0.25, 0.3) is 10.9 Å². The fourth-order valence-corrected chi connectivity index (χ4v) is 2.13. The number of carbonyl (C=O) groups is 1. The van der Waals surface area contributed by atoms with Crippen LogP contribution in [0.2, 0.25) is 0 Å². The second kappa shape index (κ2) is 5.34. The first kappa shape index (κ1) is 14.1. The van der Waals surface area contributed by atoms with E-state index in [-0.39, 0.29) is 12.0 Å². The number of aliphatic carboxylic acids is 1. The molecule has 1 unspecified atom stereocenters. The number of carboxylic acids is 1. The van der Waals surface area contributed by atoms with E-state index >= 15 is 0 Å². The number of ether oxygens (including phenoxy) is 1. The Bertz CT molecular complexity index is 721. The maximum atomic E-state index is 12.2. The van der Waals surface area contributed by atoms with Gasteiger partial charge in [-0.25, -0.2) is 0 Å². The molecule has 1 heterocycles. The van der Waals surface area contributed by atoms with Crippen LogP contribution >= 0.6 is 0 Å². The molecule has 0 aliphatic carbocycles. The topological polar surface area (TPSA) is 94.6 Å². The Morgan fingerprint density at radius 3 is 2.75 bits per heavy atom. The number of nitrogens with zero attached hydrogens (tertiary/aromatic N) is 1. The number of hydrogen-bond donors (Lipinski definition) is 2. The van der Waals surface area contributed by atoms with Gasteiger partial charge in [-0.15, -0.1) is 0 Å². The molecular formula is C14H16N2O4. The van der Waals surface area contributed by atoms with Crippen LogP contribution in [0, 0.1) is 0 Å². The maximum Gasteiger partial charge on any atom is 0.320 e. The molecule has 1 atom stereocenters. The molecule has 0 aliphatic heterocycles. The van der Waals surface area contributed by atoms with Crippen molar-refractivity contribution >= 4 is 16.9 Å². The van der Waals surface area contributed by atoms with E-state index in [9.17, 15) is 9.59 Å². The van der Waals surface area contributed by atoms with Crippen LogP contribution in [-0.2, 0) is 18.3 Å². The van der Waals surface area contributed by atoms with Crippen molar-refractivity contribution in [1.29, 1.82) is 0 Å². The summed E-state index contributed by atoms with van der Waals surface area (Å²) in [4.78, 5) is 23.0. The van der Waals surface area contributed by atoms with Gasteiger partial charge in [-0.2, -0.15) is 0 Å². The largest absolute Gasteiger partial charge is 0.497 e. The highest BCUT2D eigenvalue weighted by atomic mass is 16.5.